The minimum absolute atomic E-state index is 0.140. The van der Waals surface area contributed by atoms with Gasteiger partial charge in [0.05, 0.1) is 18.6 Å². The van der Waals surface area contributed by atoms with Gasteiger partial charge in [-0.1, -0.05) is 23.7 Å². The summed E-state index contributed by atoms with van der Waals surface area (Å²) in [6, 6.07) is 12.2. The quantitative estimate of drug-likeness (QED) is 0.842. The molecule has 2 rings (SSSR count). The number of hydrogen-bond donors (Lipinski definition) is 1. The number of aryl methyl sites for hydroxylation is 1. The van der Waals surface area contributed by atoms with Gasteiger partial charge in [-0.05, 0) is 55.3 Å². The summed E-state index contributed by atoms with van der Waals surface area (Å²) in [5.41, 5.74) is 2.79. The number of benzene rings is 2. The van der Waals surface area contributed by atoms with E-state index in [2.05, 4.69) is 5.32 Å². The van der Waals surface area contributed by atoms with Crippen LogP contribution in [0.2, 0.25) is 5.02 Å². The van der Waals surface area contributed by atoms with Crippen LogP contribution in [0.4, 0.5) is 5.69 Å². The number of ether oxygens (including phenoxy) is 1. The van der Waals surface area contributed by atoms with Crippen LogP contribution >= 0.6 is 11.6 Å². The van der Waals surface area contributed by atoms with Crippen LogP contribution in [0, 0.1) is 6.92 Å². The average Bonchev–Trinajstić information content (AvgIpc) is 2.49. The molecular weight excluding hydrogens is 314 g/mol. The topological polar surface area (TPSA) is 55.4 Å². The van der Waals surface area contributed by atoms with E-state index in [-0.39, 0.29) is 18.3 Å². The van der Waals surface area contributed by atoms with Crippen molar-refractivity contribution in [3.8, 4) is 0 Å². The van der Waals surface area contributed by atoms with Gasteiger partial charge in [0.25, 0.3) is 0 Å². The van der Waals surface area contributed by atoms with Gasteiger partial charge in [0.1, 0.15) is 0 Å². The maximum absolute atomic E-state index is 12.1. The molecule has 23 heavy (non-hydrogen) atoms. The molecule has 2 aromatic carbocycles. The fraction of sp³-hybridized carbons (Fsp3) is 0.222. The zero-order valence-corrected chi connectivity index (χ0v) is 13.8. The van der Waals surface area contributed by atoms with Gasteiger partial charge in [0.2, 0.25) is 5.91 Å². The van der Waals surface area contributed by atoms with Crippen LogP contribution in [0.15, 0.2) is 42.5 Å². The molecule has 0 aliphatic heterocycles. The third-order valence-corrected chi connectivity index (χ3v) is 3.50. The number of esters is 1. The van der Waals surface area contributed by atoms with E-state index in [1.807, 2.05) is 19.1 Å². The normalized spacial score (nSPS) is 10.2. The molecule has 0 radical (unpaired) electrons. The maximum atomic E-state index is 12.1. The summed E-state index contributed by atoms with van der Waals surface area (Å²) in [6.45, 7) is 3.92. The number of anilines is 1. The summed E-state index contributed by atoms with van der Waals surface area (Å²) in [5.74, 6) is -0.508. The van der Waals surface area contributed by atoms with Gasteiger partial charge in [-0.2, -0.15) is 0 Å². The Hall–Kier alpha value is -2.33. The molecule has 0 bridgehead atoms. The number of rotatable bonds is 5. The van der Waals surface area contributed by atoms with E-state index >= 15 is 0 Å². The summed E-state index contributed by atoms with van der Waals surface area (Å²) in [4.78, 5) is 23.8. The van der Waals surface area contributed by atoms with E-state index in [0.717, 1.165) is 11.1 Å². The Morgan fingerprint density at radius 2 is 1.96 bits per heavy atom. The van der Waals surface area contributed by atoms with Crippen molar-refractivity contribution in [2.24, 2.45) is 0 Å². The van der Waals surface area contributed by atoms with E-state index < -0.39 is 0 Å². The van der Waals surface area contributed by atoms with Gasteiger partial charge < -0.3 is 10.1 Å². The van der Waals surface area contributed by atoms with Crippen molar-refractivity contribution in [1.29, 1.82) is 0 Å². The van der Waals surface area contributed by atoms with Crippen molar-refractivity contribution in [1.82, 2.24) is 0 Å². The van der Waals surface area contributed by atoms with E-state index in [0.29, 0.717) is 22.9 Å². The molecule has 120 valence electrons. The fourth-order valence-electron chi connectivity index (χ4n) is 2.17. The second kappa shape index (κ2) is 7.79. The fourth-order valence-corrected chi connectivity index (χ4v) is 2.38. The Morgan fingerprint density at radius 3 is 2.61 bits per heavy atom. The van der Waals surface area contributed by atoms with E-state index in [1.165, 1.54) is 0 Å². The van der Waals surface area contributed by atoms with E-state index in [9.17, 15) is 9.59 Å². The second-order valence-corrected chi connectivity index (χ2v) is 5.54. The highest BCUT2D eigenvalue weighted by Crippen LogP contribution is 2.18. The number of halogens is 1. The second-order valence-electron chi connectivity index (χ2n) is 5.11. The summed E-state index contributed by atoms with van der Waals surface area (Å²) in [7, 11) is 0. The Bertz CT molecular complexity index is 728. The van der Waals surface area contributed by atoms with Crippen molar-refractivity contribution in [2.45, 2.75) is 20.3 Å². The highest BCUT2D eigenvalue weighted by Gasteiger charge is 2.10. The first-order valence-corrected chi connectivity index (χ1v) is 7.69. The largest absolute Gasteiger partial charge is 0.462 e. The van der Waals surface area contributed by atoms with Gasteiger partial charge in [-0.3, -0.25) is 4.79 Å². The lowest BCUT2D eigenvalue weighted by Crippen LogP contribution is -2.15. The van der Waals surface area contributed by atoms with Gasteiger partial charge in [0.15, 0.2) is 0 Å². The molecule has 0 heterocycles. The number of nitrogens with one attached hydrogen (secondary N) is 1. The van der Waals surface area contributed by atoms with Crippen LogP contribution in [0.5, 0.6) is 0 Å². The lowest BCUT2D eigenvalue weighted by molar-refractivity contribution is -0.115. The molecule has 0 aliphatic rings. The van der Waals surface area contributed by atoms with Gasteiger partial charge in [0, 0.05) is 10.7 Å². The third-order valence-electron chi connectivity index (χ3n) is 3.27. The lowest BCUT2D eigenvalue weighted by Gasteiger charge is -2.10. The maximum Gasteiger partial charge on any atom is 0.338 e. The van der Waals surface area contributed by atoms with Crippen LogP contribution in [0.1, 0.15) is 28.4 Å². The number of hydrogen-bond acceptors (Lipinski definition) is 3. The summed E-state index contributed by atoms with van der Waals surface area (Å²) in [5, 5.41) is 3.44. The Labute approximate surface area is 140 Å². The highest BCUT2D eigenvalue weighted by molar-refractivity contribution is 6.30. The molecule has 0 unspecified atom stereocenters. The molecule has 0 fully saturated rings. The molecule has 0 aromatic heterocycles. The SMILES string of the molecule is CCOC(=O)c1ccc(NC(=O)Cc2cccc(Cl)c2)c(C)c1. The van der Waals surface area contributed by atoms with Crippen LogP contribution < -0.4 is 5.32 Å². The van der Waals surface area contributed by atoms with Crippen molar-refractivity contribution < 1.29 is 14.3 Å². The molecule has 0 aliphatic carbocycles. The Balaban J connectivity index is 2.05. The summed E-state index contributed by atoms with van der Waals surface area (Å²) >= 11 is 5.91. The number of carbonyl (C=O) groups is 2. The van der Waals surface area contributed by atoms with Gasteiger partial charge >= 0.3 is 5.97 Å². The molecule has 2 aromatic rings. The molecule has 4 nitrogen and oxygen atoms in total. The van der Waals surface area contributed by atoms with Crippen LogP contribution in [-0.4, -0.2) is 18.5 Å². The first-order valence-electron chi connectivity index (χ1n) is 7.31. The highest BCUT2D eigenvalue weighted by atomic mass is 35.5. The minimum Gasteiger partial charge on any atom is -0.462 e. The molecule has 0 atom stereocenters. The van der Waals surface area contributed by atoms with E-state index in [1.54, 1.807) is 37.3 Å². The predicted molar refractivity (Wildman–Crippen MR) is 90.9 cm³/mol. The summed E-state index contributed by atoms with van der Waals surface area (Å²) in [6.07, 6.45) is 0.236. The zero-order valence-electron chi connectivity index (χ0n) is 13.1. The first-order chi connectivity index (χ1) is 11.0. The van der Waals surface area contributed by atoms with Crippen molar-refractivity contribution in [3.05, 3.63) is 64.2 Å². The lowest BCUT2D eigenvalue weighted by atomic mass is 10.1. The molecular formula is C18H18ClNO3. The Morgan fingerprint density at radius 1 is 1.17 bits per heavy atom. The standard InChI is InChI=1S/C18H18ClNO3/c1-3-23-18(22)14-7-8-16(12(2)9-14)20-17(21)11-13-5-4-6-15(19)10-13/h4-10H,3,11H2,1-2H3,(H,20,21). The Kier molecular flexibility index (Phi) is 5.77. The smallest absolute Gasteiger partial charge is 0.338 e. The van der Waals surface area contributed by atoms with E-state index in [4.69, 9.17) is 16.3 Å². The monoisotopic (exact) mass is 331 g/mol. The molecule has 0 spiro atoms. The average molecular weight is 332 g/mol. The van der Waals surface area contributed by atoms with Crippen molar-refractivity contribution >= 4 is 29.2 Å². The third kappa shape index (κ3) is 4.83. The van der Waals surface area contributed by atoms with Crippen LogP contribution in [0.3, 0.4) is 0 Å². The van der Waals surface area contributed by atoms with Crippen molar-refractivity contribution in [2.75, 3.05) is 11.9 Å². The van der Waals surface area contributed by atoms with Gasteiger partial charge in [-0.15, -0.1) is 0 Å². The molecule has 1 amide bonds. The number of carbonyl (C=O) groups excluding carboxylic acids is 2. The number of amides is 1. The predicted octanol–water partition coefficient (Wildman–Crippen LogP) is 4.01. The first kappa shape index (κ1) is 17.0. The van der Waals surface area contributed by atoms with Crippen molar-refractivity contribution in [3.63, 3.8) is 0 Å². The minimum atomic E-state index is -0.368. The molecule has 1 N–H and O–H groups in total. The molecule has 5 heteroatoms. The zero-order chi connectivity index (χ0) is 16.8. The van der Waals surface area contributed by atoms with Crippen LogP contribution in [0.25, 0.3) is 0 Å². The van der Waals surface area contributed by atoms with Gasteiger partial charge in [-0.25, -0.2) is 4.79 Å². The summed E-state index contributed by atoms with van der Waals surface area (Å²) < 4.78 is 4.96. The molecule has 0 saturated carbocycles. The van der Waals surface area contributed by atoms with Crippen LogP contribution in [-0.2, 0) is 16.0 Å². The molecule has 0 saturated heterocycles.